The number of carbonyl (C=O) groups excluding carboxylic acids is 2. The van der Waals surface area contributed by atoms with Crippen LogP contribution in [0.5, 0.6) is 0 Å². The average molecular weight is 459 g/mol. The number of benzene rings is 2. The van der Waals surface area contributed by atoms with Gasteiger partial charge in [-0.1, -0.05) is 31.9 Å². The van der Waals surface area contributed by atoms with E-state index in [1.54, 1.807) is 37.3 Å². The maximum Gasteiger partial charge on any atom is 0.340 e. The van der Waals surface area contributed by atoms with Crippen LogP contribution in [0.15, 0.2) is 45.3 Å². The van der Waals surface area contributed by atoms with Crippen LogP contribution < -0.4 is 5.32 Å². The molecule has 0 aliphatic rings. The van der Waals surface area contributed by atoms with Crippen molar-refractivity contribution in [1.29, 1.82) is 0 Å². The van der Waals surface area contributed by atoms with Gasteiger partial charge in [0, 0.05) is 8.95 Å². The predicted molar refractivity (Wildman–Crippen MR) is 96.5 cm³/mol. The lowest BCUT2D eigenvalue weighted by atomic mass is 10.1. The van der Waals surface area contributed by atoms with E-state index in [1.165, 1.54) is 6.07 Å². The highest BCUT2D eigenvalue weighted by Crippen LogP contribution is 2.23. The van der Waals surface area contributed by atoms with Crippen LogP contribution >= 0.6 is 31.9 Å². The fourth-order valence-corrected chi connectivity index (χ4v) is 2.82. The van der Waals surface area contributed by atoms with Gasteiger partial charge in [0.25, 0.3) is 0 Å². The summed E-state index contributed by atoms with van der Waals surface area (Å²) in [5, 5.41) is 2.63. The first-order chi connectivity index (χ1) is 11.4. The Balaban J connectivity index is 2.19. The quantitative estimate of drug-likeness (QED) is 0.660. The lowest BCUT2D eigenvalue weighted by Crippen LogP contribution is -2.18. The highest BCUT2D eigenvalue weighted by atomic mass is 79.9. The maximum atomic E-state index is 13.7. The second kappa shape index (κ2) is 8.39. The van der Waals surface area contributed by atoms with Gasteiger partial charge in [0.05, 0.1) is 24.3 Å². The van der Waals surface area contributed by atoms with E-state index in [4.69, 9.17) is 4.74 Å². The molecular weight excluding hydrogens is 445 g/mol. The lowest BCUT2D eigenvalue weighted by molar-refractivity contribution is -0.115. The van der Waals surface area contributed by atoms with Crippen LogP contribution in [0.25, 0.3) is 0 Å². The van der Waals surface area contributed by atoms with Gasteiger partial charge >= 0.3 is 5.97 Å². The predicted octanol–water partition coefficient (Wildman–Crippen LogP) is 4.71. The van der Waals surface area contributed by atoms with Crippen molar-refractivity contribution < 1.29 is 18.7 Å². The Morgan fingerprint density at radius 1 is 1.12 bits per heavy atom. The lowest BCUT2D eigenvalue weighted by Gasteiger charge is -2.11. The number of ether oxygens (including phenoxy) is 1. The molecular formula is C17H14Br2FNO3. The molecule has 1 N–H and O–H groups in total. The Kier molecular flexibility index (Phi) is 6.51. The fraction of sp³-hybridized carbons (Fsp3) is 0.176. The average Bonchev–Trinajstić information content (AvgIpc) is 2.53. The van der Waals surface area contributed by atoms with Crippen molar-refractivity contribution in [2.24, 2.45) is 0 Å². The van der Waals surface area contributed by atoms with Crippen LogP contribution in [0.1, 0.15) is 22.8 Å². The van der Waals surface area contributed by atoms with E-state index in [0.29, 0.717) is 14.6 Å². The topological polar surface area (TPSA) is 55.4 Å². The molecule has 0 aliphatic carbocycles. The van der Waals surface area contributed by atoms with Gasteiger partial charge in [0.15, 0.2) is 0 Å². The molecule has 1 amide bonds. The first-order valence-electron chi connectivity index (χ1n) is 7.11. The molecule has 0 atom stereocenters. The summed E-state index contributed by atoms with van der Waals surface area (Å²) < 4.78 is 20.1. The van der Waals surface area contributed by atoms with Crippen LogP contribution in [-0.2, 0) is 16.0 Å². The molecule has 7 heteroatoms. The van der Waals surface area contributed by atoms with Crippen molar-refractivity contribution in [2.45, 2.75) is 13.3 Å². The van der Waals surface area contributed by atoms with Crippen molar-refractivity contribution >= 4 is 49.4 Å². The molecule has 0 unspecified atom stereocenters. The van der Waals surface area contributed by atoms with Gasteiger partial charge in [-0.15, -0.1) is 0 Å². The van der Waals surface area contributed by atoms with Crippen LogP contribution in [-0.4, -0.2) is 18.5 Å². The minimum atomic E-state index is -0.539. The number of anilines is 1. The van der Waals surface area contributed by atoms with Gasteiger partial charge in [0.2, 0.25) is 5.91 Å². The Labute approximate surface area is 155 Å². The van der Waals surface area contributed by atoms with E-state index in [2.05, 4.69) is 37.2 Å². The van der Waals surface area contributed by atoms with Gasteiger partial charge in [0.1, 0.15) is 5.82 Å². The van der Waals surface area contributed by atoms with Crippen LogP contribution in [0.3, 0.4) is 0 Å². The fourth-order valence-electron chi connectivity index (χ4n) is 2.05. The largest absolute Gasteiger partial charge is 0.462 e. The van der Waals surface area contributed by atoms with Crippen molar-refractivity contribution in [3.05, 3.63) is 62.3 Å². The SMILES string of the molecule is CCOC(=O)c1cc(Br)ccc1NC(=O)Cc1cc(Br)ccc1F. The van der Waals surface area contributed by atoms with Crippen molar-refractivity contribution in [1.82, 2.24) is 0 Å². The molecule has 0 saturated heterocycles. The van der Waals surface area contributed by atoms with Crippen LogP contribution in [0.4, 0.5) is 10.1 Å². The van der Waals surface area contributed by atoms with Gasteiger partial charge in [-0.05, 0) is 48.9 Å². The normalized spacial score (nSPS) is 10.3. The molecule has 0 spiro atoms. The molecule has 126 valence electrons. The smallest absolute Gasteiger partial charge is 0.340 e. The highest BCUT2D eigenvalue weighted by molar-refractivity contribution is 9.10. The Bertz CT molecular complexity index is 780. The first kappa shape index (κ1) is 18.6. The number of hydrogen-bond acceptors (Lipinski definition) is 3. The van der Waals surface area contributed by atoms with E-state index >= 15 is 0 Å². The number of rotatable bonds is 5. The summed E-state index contributed by atoms with van der Waals surface area (Å²) in [4.78, 5) is 24.2. The summed E-state index contributed by atoms with van der Waals surface area (Å²) in [5.41, 5.74) is 0.808. The van der Waals surface area contributed by atoms with Crippen molar-refractivity contribution in [3.63, 3.8) is 0 Å². The summed E-state index contributed by atoms with van der Waals surface area (Å²) in [6, 6.07) is 9.24. The van der Waals surface area contributed by atoms with Crippen LogP contribution in [0, 0.1) is 5.82 Å². The molecule has 0 bridgehead atoms. The summed E-state index contributed by atoms with van der Waals surface area (Å²) in [6.07, 6.45) is -0.149. The molecule has 0 saturated carbocycles. The number of esters is 1. The van der Waals surface area contributed by atoms with E-state index < -0.39 is 17.7 Å². The summed E-state index contributed by atoms with van der Waals surface area (Å²) >= 11 is 6.52. The number of carbonyl (C=O) groups is 2. The molecule has 0 aromatic heterocycles. The molecule has 24 heavy (non-hydrogen) atoms. The molecule has 4 nitrogen and oxygen atoms in total. The zero-order valence-corrected chi connectivity index (χ0v) is 15.9. The summed E-state index contributed by atoms with van der Waals surface area (Å²) in [7, 11) is 0. The zero-order valence-electron chi connectivity index (χ0n) is 12.7. The summed E-state index contributed by atoms with van der Waals surface area (Å²) in [5.74, 6) is -1.43. The maximum absolute atomic E-state index is 13.7. The molecule has 2 rings (SSSR count). The number of halogens is 3. The van der Waals surface area contributed by atoms with Crippen molar-refractivity contribution in [2.75, 3.05) is 11.9 Å². The standard InChI is InChI=1S/C17H14Br2FNO3/c1-2-24-17(23)13-9-12(19)4-6-15(13)21-16(22)8-10-7-11(18)3-5-14(10)20/h3-7,9H,2,8H2,1H3,(H,21,22). The molecule has 2 aromatic carbocycles. The van der Waals surface area contributed by atoms with Crippen molar-refractivity contribution in [3.8, 4) is 0 Å². The third kappa shape index (κ3) is 4.88. The molecule has 0 fully saturated rings. The molecule has 2 aromatic rings. The van der Waals surface area contributed by atoms with E-state index in [1.807, 2.05) is 0 Å². The molecule has 0 heterocycles. The minimum absolute atomic E-state index is 0.149. The monoisotopic (exact) mass is 457 g/mol. The third-order valence-corrected chi connectivity index (χ3v) is 4.10. The molecule has 0 radical (unpaired) electrons. The van der Waals surface area contributed by atoms with Gasteiger partial charge in [-0.2, -0.15) is 0 Å². The van der Waals surface area contributed by atoms with Crippen LogP contribution in [0.2, 0.25) is 0 Å². The van der Waals surface area contributed by atoms with E-state index in [0.717, 1.165) is 0 Å². The Morgan fingerprint density at radius 3 is 2.50 bits per heavy atom. The van der Waals surface area contributed by atoms with Gasteiger partial charge in [-0.3, -0.25) is 4.79 Å². The Hall–Kier alpha value is -1.73. The third-order valence-electron chi connectivity index (χ3n) is 3.11. The second-order valence-corrected chi connectivity index (χ2v) is 6.70. The number of nitrogens with one attached hydrogen (secondary N) is 1. The number of amides is 1. The summed E-state index contributed by atoms with van der Waals surface area (Å²) in [6.45, 7) is 1.92. The first-order valence-corrected chi connectivity index (χ1v) is 8.69. The molecule has 0 aliphatic heterocycles. The van der Waals surface area contributed by atoms with E-state index in [-0.39, 0.29) is 24.2 Å². The minimum Gasteiger partial charge on any atom is -0.462 e. The van der Waals surface area contributed by atoms with Gasteiger partial charge in [-0.25, -0.2) is 9.18 Å². The second-order valence-electron chi connectivity index (χ2n) is 4.87. The highest BCUT2D eigenvalue weighted by Gasteiger charge is 2.16. The number of hydrogen-bond donors (Lipinski definition) is 1. The zero-order chi connectivity index (χ0) is 17.7. The van der Waals surface area contributed by atoms with Gasteiger partial charge < -0.3 is 10.1 Å². The van der Waals surface area contributed by atoms with E-state index in [9.17, 15) is 14.0 Å². The Morgan fingerprint density at radius 2 is 1.79 bits per heavy atom.